The largest absolute Gasteiger partial charge is 0.378 e. The molecular weight excluding hydrogens is 270 g/mol. The third-order valence-corrected chi connectivity index (χ3v) is 4.41. The Hall–Kier alpha value is -1.14. The lowest BCUT2D eigenvalue weighted by Gasteiger charge is -2.33. The topological polar surface area (TPSA) is 75.9 Å². The summed E-state index contributed by atoms with van der Waals surface area (Å²) in [4.78, 5) is 28.8. The Kier molecular flexibility index (Phi) is 5.99. The van der Waals surface area contributed by atoms with Crippen molar-refractivity contribution in [2.75, 3.05) is 39.4 Å². The van der Waals surface area contributed by atoms with Gasteiger partial charge in [-0.15, -0.1) is 0 Å². The second-order valence-electron chi connectivity index (χ2n) is 5.85. The summed E-state index contributed by atoms with van der Waals surface area (Å²) in [5, 5.41) is 0. The van der Waals surface area contributed by atoms with E-state index in [4.69, 9.17) is 10.5 Å². The molecule has 0 aromatic heterocycles. The molecule has 21 heavy (non-hydrogen) atoms. The van der Waals surface area contributed by atoms with Crippen molar-refractivity contribution in [1.29, 1.82) is 0 Å². The molecule has 0 radical (unpaired) electrons. The highest BCUT2D eigenvalue weighted by Crippen LogP contribution is 2.23. The monoisotopic (exact) mass is 297 g/mol. The van der Waals surface area contributed by atoms with Crippen LogP contribution < -0.4 is 5.73 Å². The van der Waals surface area contributed by atoms with Crippen LogP contribution in [0.3, 0.4) is 0 Å². The second-order valence-corrected chi connectivity index (χ2v) is 5.85. The molecule has 0 aromatic carbocycles. The number of nitrogens with two attached hydrogens (primary N) is 1. The summed E-state index contributed by atoms with van der Waals surface area (Å²) in [6.07, 6.45) is 3.40. The Morgan fingerprint density at radius 2 is 2.00 bits per heavy atom. The Morgan fingerprint density at radius 3 is 2.62 bits per heavy atom. The SMILES string of the molecule is CCCC(CN)C(=O)N1CCCC1C(=O)N1CCOCC1. The number of morpholine rings is 1. The van der Waals surface area contributed by atoms with Gasteiger partial charge in [0.2, 0.25) is 11.8 Å². The van der Waals surface area contributed by atoms with Gasteiger partial charge in [-0.05, 0) is 19.3 Å². The minimum absolute atomic E-state index is 0.0588. The number of ether oxygens (including phenoxy) is 1. The van der Waals surface area contributed by atoms with E-state index in [9.17, 15) is 9.59 Å². The van der Waals surface area contributed by atoms with Crippen molar-refractivity contribution in [1.82, 2.24) is 9.80 Å². The van der Waals surface area contributed by atoms with Crippen LogP contribution in [0.5, 0.6) is 0 Å². The Balaban J connectivity index is 2.01. The third-order valence-electron chi connectivity index (χ3n) is 4.41. The number of hydrogen-bond acceptors (Lipinski definition) is 4. The van der Waals surface area contributed by atoms with Crippen LogP contribution in [0.15, 0.2) is 0 Å². The average Bonchev–Trinajstić information content (AvgIpc) is 3.01. The zero-order valence-corrected chi connectivity index (χ0v) is 12.9. The van der Waals surface area contributed by atoms with Crippen LogP contribution in [0.25, 0.3) is 0 Å². The zero-order chi connectivity index (χ0) is 15.2. The molecule has 0 aliphatic carbocycles. The van der Waals surface area contributed by atoms with Crippen LogP contribution in [-0.4, -0.2) is 67.0 Å². The van der Waals surface area contributed by atoms with Crippen molar-refractivity contribution >= 4 is 11.8 Å². The van der Waals surface area contributed by atoms with Crippen molar-refractivity contribution in [3.63, 3.8) is 0 Å². The molecule has 2 saturated heterocycles. The molecule has 6 heteroatoms. The van der Waals surface area contributed by atoms with E-state index in [1.807, 2.05) is 4.90 Å². The van der Waals surface area contributed by atoms with E-state index in [0.29, 0.717) is 39.4 Å². The highest BCUT2D eigenvalue weighted by Gasteiger charge is 2.38. The Morgan fingerprint density at radius 1 is 1.29 bits per heavy atom. The first-order valence-electron chi connectivity index (χ1n) is 8.06. The highest BCUT2D eigenvalue weighted by atomic mass is 16.5. The smallest absolute Gasteiger partial charge is 0.245 e. The molecule has 2 heterocycles. The fourth-order valence-corrected chi connectivity index (χ4v) is 3.21. The van der Waals surface area contributed by atoms with Crippen molar-refractivity contribution in [2.24, 2.45) is 11.7 Å². The Bertz CT molecular complexity index is 346. The van der Waals surface area contributed by atoms with Crippen LogP contribution in [0, 0.1) is 5.92 Å². The maximum Gasteiger partial charge on any atom is 0.245 e. The van der Waals surface area contributed by atoms with Crippen LogP contribution in [-0.2, 0) is 14.3 Å². The lowest BCUT2D eigenvalue weighted by atomic mass is 10.0. The van der Waals surface area contributed by atoms with Crippen LogP contribution in [0.2, 0.25) is 0 Å². The van der Waals surface area contributed by atoms with Crippen LogP contribution in [0.4, 0.5) is 0 Å². The number of carbonyl (C=O) groups is 2. The number of carbonyl (C=O) groups excluding carboxylic acids is 2. The number of amides is 2. The fraction of sp³-hybridized carbons (Fsp3) is 0.867. The molecule has 0 saturated carbocycles. The van der Waals surface area contributed by atoms with E-state index < -0.39 is 0 Å². The first-order valence-corrected chi connectivity index (χ1v) is 8.06. The summed E-state index contributed by atoms with van der Waals surface area (Å²) >= 11 is 0. The van der Waals surface area contributed by atoms with Gasteiger partial charge in [-0.3, -0.25) is 9.59 Å². The summed E-state index contributed by atoms with van der Waals surface area (Å²) in [5.41, 5.74) is 5.73. The van der Waals surface area contributed by atoms with Gasteiger partial charge in [0.15, 0.2) is 0 Å². The molecule has 2 fully saturated rings. The third kappa shape index (κ3) is 3.74. The van der Waals surface area contributed by atoms with Gasteiger partial charge in [0.05, 0.1) is 19.1 Å². The molecule has 0 aromatic rings. The lowest BCUT2D eigenvalue weighted by molar-refractivity contribution is -0.148. The van der Waals surface area contributed by atoms with Gasteiger partial charge in [-0.25, -0.2) is 0 Å². The molecule has 6 nitrogen and oxygen atoms in total. The van der Waals surface area contributed by atoms with Crippen LogP contribution >= 0.6 is 0 Å². The van der Waals surface area contributed by atoms with E-state index in [1.165, 1.54) is 0 Å². The quantitative estimate of drug-likeness (QED) is 0.787. The number of rotatable bonds is 5. The molecule has 2 aliphatic rings. The van der Waals surface area contributed by atoms with E-state index in [0.717, 1.165) is 25.7 Å². The molecule has 0 bridgehead atoms. The van der Waals surface area contributed by atoms with Crippen molar-refractivity contribution in [3.05, 3.63) is 0 Å². The normalized spacial score (nSPS) is 24.2. The van der Waals surface area contributed by atoms with Crippen molar-refractivity contribution in [3.8, 4) is 0 Å². The molecule has 2 aliphatic heterocycles. The minimum atomic E-state index is -0.290. The van der Waals surface area contributed by atoms with E-state index in [1.54, 1.807) is 4.90 Å². The average molecular weight is 297 g/mol. The summed E-state index contributed by atoms with van der Waals surface area (Å²) in [7, 11) is 0. The first-order chi connectivity index (χ1) is 10.2. The van der Waals surface area contributed by atoms with Crippen molar-refractivity contribution in [2.45, 2.75) is 38.6 Å². The summed E-state index contributed by atoms with van der Waals surface area (Å²) in [5.74, 6) is -0.00651. The van der Waals surface area contributed by atoms with E-state index >= 15 is 0 Å². The minimum Gasteiger partial charge on any atom is -0.378 e. The van der Waals surface area contributed by atoms with E-state index in [-0.39, 0.29) is 23.8 Å². The van der Waals surface area contributed by atoms with Gasteiger partial charge in [0, 0.05) is 26.2 Å². The molecule has 2 rings (SSSR count). The second kappa shape index (κ2) is 7.75. The molecule has 2 unspecified atom stereocenters. The molecular formula is C15H27N3O3. The van der Waals surface area contributed by atoms with Gasteiger partial charge < -0.3 is 20.3 Å². The molecule has 2 N–H and O–H groups in total. The predicted molar refractivity (Wildman–Crippen MR) is 79.6 cm³/mol. The maximum absolute atomic E-state index is 12.6. The molecule has 2 amide bonds. The van der Waals surface area contributed by atoms with Gasteiger partial charge in [-0.1, -0.05) is 13.3 Å². The predicted octanol–water partition coefficient (Wildman–Crippen LogP) is 0.211. The Labute approximate surface area is 126 Å². The highest BCUT2D eigenvalue weighted by molar-refractivity contribution is 5.89. The standard InChI is InChI=1S/C15H27N3O3/c1-2-4-12(11-16)14(19)18-6-3-5-13(18)15(20)17-7-9-21-10-8-17/h12-13H,2-11,16H2,1H3. The van der Waals surface area contributed by atoms with Crippen LogP contribution in [0.1, 0.15) is 32.6 Å². The molecule has 2 atom stereocenters. The van der Waals surface area contributed by atoms with Gasteiger partial charge in [0.1, 0.15) is 6.04 Å². The first kappa shape index (κ1) is 16.2. The number of hydrogen-bond donors (Lipinski definition) is 1. The summed E-state index contributed by atoms with van der Waals surface area (Å²) < 4.78 is 5.28. The number of likely N-dealkylation sites (tertiary alicyclic amines) is 1. The van der Waals surface area contributed by atoms with Gasteiger partial charge in [-0.2, -0.15) is 0 Å². The molecule has 120 valence electrons. The van der Waals surface area contributed by atoms with E-state index in [2.05, 4.69) is 6.92 Å². The van der Waals surface area contributed by atoms with Gasteiger partial charge >= 0.3 is 0 Å². The lowest BCUT2D eigenvalue weighted by Crippen LogP contribution is -2.52. The summed E-state index contributed by atoms with van der Waals surface area (Å²) in [6.45, 7) is 5.54. The number of nitrogens with zero attached hydrogens (tertiary/aromatic N) is 2. The maximum atomic E-state index is 12.6. The fourth-order valence-electron chi connectivity index (χ4n) is 3.21. The summed E-state index contributed by atoms with van der Waals surface area (Å²) in [6, 6.07) is -0.290. The van der Waals surface area contributed by atoms with Gasteiger partial charge in [0.25, 0.3) is 0 Å². The van der Waals surface area contributed by atoms with Crippen molar-refractivity contribution < 1.29 is 14.3 Å². The zero-order valence-electron chi connectivity index (χ0n) is 12.9. The molecule has 0 spiro atoms.